The van der Waals surface area contributed by atoms with Crippen molar-refractivity contribution in [2.75, 3.05) is 45.8 Å². The van der Waals surface area contributed by atoms with Crippen LogP contribution in [0.2, 0.25) is 0 Å². The average molecular weight is 765 g/mol. The van der Waals surface area contributed by atoms with Crippen LogP contribution in [0.15, 0.2) is 90.3 Å². The van der Waals surface area contributed by atoms with Gasteiger partial charge >= 0.3 is 6.09 Å². The van der Waals surface area contributed by atoms with E-state index in [1.165, 1.54) is 24.8 Å². The normalized spacial score (nSPS) is 22.2. The molecule has 10 nitrogen and oxygen atoms in total. The van der Waals surface area contributed by atoms with E-state index in [-0.39, 0.29) is 37.4 Å². The van der Waals surface area contributed by atoms with E-state index in [1.807, 2.05) is 53.9 Å². The number of hydrogen-bond donors (Lipinski definition) is 3. The van der Waals surface area contributed by atoms with E-state index in [0.29, 0.717) is 43.3 Å². The Labute approximate surface area is 329 Å². The summed E-state index contributed by atoms with van der Waals surface area (Å²) in [7, 11) is 0. The topological polar surface area (TPSA) is 120 Å². The van der Waals surface area contributed by atoms with E-state index in [2.05, 4.69) is 45.9 Å². The summed E-state index contributed by atoms with van der Waals surface area (Å²) in [6.45, 7) is 5.42. The summed E-state index contributed by atoms with van der Waals surface area (Å²) in [6.07, 6.45) is 7.71. The smallest absolute Gasteiger partial charge is 0.410 e. The number of thiophene rings is 1. The largest absolute Gasteiger partial charge is 0.415 e. The Morgan fingerprint density at radius 3 is 2.49 bits per heavy atom. The Bertz CT molecular complexity index is 1860. The zero-order valence-electron chi connectivity index (χ0n) is 31.9. The highest BCUT2D eigenvalue weighted by Crippen LogP contribution is 2.44. The number of benzene rings is 3. The van der Waals surface area contributed by atoms with E-state index in [0.717, 1.165) is 61.0 Å². The van der Waals surface area contributed by atoms with Gasteiger partial charge in [0.15, 0.2) is 0 Å². The van der Waals surface area contributed by atoms with Gasteiger partial charge in [0.2, 0.25) is 11.8 Å². The molecule has 55 heavy (non-hydrogen) atoms. The molecular weight excluding hydrogens is 709 g/mol. The third kappa shape index (κ3) is 9.94. The van der Waals surface area contributed by atoms with Crippen molar-refractivity contribution in [3.8, 4) is 5.75 Å². The van der Waals surface area contributed by atoms with Crippen LogP contribution in [0, 0.1) is 11.3 Å². The third-order valence-corrected chi connectivity index (χ3v) is 12.9. The van der Waals surface area contributed by atoms with Gasteiger partial charge < -0.3 is 30.9 Å². The van der Waals surface area contributed by atoms with Gasteiger partial charge in [-0.1, -0.05) is 79.2 Å². The minimum Gasteiger partial charge on any atom is -0.410 e. The Kier molecular flexibility index (Phi) is 13.2. The maximum atomic E-state index is 14.6. The maximum Gasteiger partial charge on any atom is 0.415 e. The minimum absolute atomic E-state index is 0.0394. The number of nitrogens with zero attached hydrogens (tertiary/aromatic N) is 3. The first-order valence-electron chi connectivity index (χ1n) is 20.1. The van der Waals surface area contributed by atoms with Crippen LogP contribution in [-0.4, -0.2) is 90.5 Å². The zero-order valence-corrected chi connectivity index (χ0v) is 32.7. The number of fused-ring (bicyclic) bond motifs is 1. The van der Waals surface area contributed by atoms with Crippen molar-refractivity contribution < 1.29 is 19.1 Å². The van der Waals surface area contributed by atoms with Gasteiger partial charge in [0.25, 0.3) is 0 Å². The predicted molar refractivity (Wildman–Crippen MR) is 219 cm³/mol. The van der Waals surface area contributed by atoms with Crippen LogP contribution >= 0.6 is 11.3 Å². The van der Waals surface area contributed by atoms with Crippen molar-refractivity contribution in [2.24, 2.45) is 17.1 Å². The van der Waals surface area contributed by atoms with Gasteiger partial charge in [0.1, 0.15) is 11.8 Å². The molecule has 292 valence electrons. The van der Waals surface area contributed by atoms with Crippen LogP contribution < -0.4 is 21.1 Å². The van der Waals surface area contributed by atoms with Gasteiger partial charge in [-0.15, -0.1) is 11.3 Å². The highest BCUT2D eigenvalue weighted by atomic mass is 32.1. The molecule has 0 radical (unpaired) electrons. The number of carbonyl (C=O) groups is 3. The molecule has 1 aromatic heterocycles. The number of unbranched alkanes of at least 4 members (excludes halogenated alkanes) is 1. The van der Waals surface area contributed by atoms with Crippen LogP contribution in [0.25, 0.3) is 10.8 Å². The van der Waals surface area contributed by atoms with Crippen molar-refractivity contribution >= 4 is 40.0 Å². The van der Waals surface area contributed by atoms with Crippen molar-refractivity contribution in [3.63, 3.8) is 0 Å². The molecule has 3 amide bonds. The molecule has 3 fully saturated rings. The van der Waals surface area contributed by atoms with E-state index in [9.17, 15) is 14.4 Å². The Hall–Kier alpha value is -4.29. The molecule has 2 atom stereocenters. The Balaban J connectivity index is 0.991. The lowest BCUT2D eigenvalue weighted by molar-refractivity contribution is -0.146. The summed E-state index contributed by atoms with van der Waals surface area (Å²) >= 11 is 1.57. The first-order chi connectivity index (χ1) is 26.9. The van der Waals surface area contributed by atoms with Gasteiger partial charge in [-0.05, 0) is 91.9 Å². The monoisotopic (exact) mass is 764 g/mol. The summed E-state index contributed by atoms with van der Waals surface area (Å²) in [5, 5.41) is 10.6. The first-order valence-corrected chi connectivity index (χ1v) is 21.0. The fraction of sp³-hybridized carbons (Fsp3) is 0.477. The zero-order chi connectivity index (χ0) is 38.0. The molecule has 3 heterocycles. The number of hydrogen-bond acceptors (Lipinski definition) is 8. The lowest BCUT2D eigenvalue weighted by Gasteiger charge is -2.42. The average Bonchev–Trinajstić information content (AvgIpc) is 3.89. The van der Waals surface area contributed by atoms with E-state index in [1.54, 1.807) is 27.2 Å². The molecule has 4 N–H and O–H groups in total. The standard InChI is InChI=1S/C44H56N6O4S/c45-23-7-6-13-35(28-46-36-18-20-44(21-19-36)22-24-48(32-44)30-33-10-2-1-3-11-33)42(52)50-26-25-49(31-39(50)41(51)47-29-37-15-9-27-55-37)43(53)54-40-17-8-14-34-12-4-5-16-38(34)40/h1-5,8-12,14-17,27,35-36,39,46H,6-7,13,18-26,28-32,45H2,(H,47,51)/t35?,36?,39-,44?/m0/s1. The number of amides is 3. The number of piperazine rings is 1. The molecule has 2 saturated heterocycles. The fourth-order valence-corrected chi connectivity index (χ4v) is 9.47. The molecule has 2 aliphatic heterocycles. The minimum atomic E-state index is -0.839. The highest BCUT2D eigenvalue weighted by Gasteiger charge is 2.42. The van der Waals surface area contributed by atoms with Crippen molar-refractivity contribution in [1.82, 2.24) is 25.3 Å². The van der Waals surface area contributed by atoms with E-state index < -0.39 is 12.1 Å². The summed E-state index contributed by atoms with van der Waals surface area (Å²) in [6, 6.07) is 27.6. The molecule has 4 aromatic rings. The molecule has 0 bridgehead atoms. The Morgan fingerprint density at radius 1 is 0.891 bits per heavy atom. The lowest BCUT2D eigenvalue weighted by Crippen LogP contribution is -2.63. The number of rotatable bonds is 14. The van der Waals surface area contributed by atoms with Gasteiger partial charge in [0, 0.05) is 49.0 Å². The predicted octanol–water partition coefficient (Wildman–Crippen LogP) is 6.40. The molecule has 3 aromatic carbocycles. The van der Waals surface area contributed by atoms with Crippen molar-refractivity contribution in [2.45, 2.75) is 76.5 Å². The Morgan fingerprint density at radius 2 is 1.69 bits per heavy atom. The number of nitrogens with one attached hydrogen (secondary N) is 2. The number of likely N-dealkylation sites (tertiary alicyclic amines) is 1. The molecular formula is C44H56N6O4S. The van der Waals surface area contributed by atoms with Gasteiger partial charge in [0.05, 0.1) is 19.0 Å². The second-order valence-electron chi connectivity index (χ2n) is 15.7. The van der Waals surface area contributed by atoms with Crippen LogP contribution in [0.1, 0.15) is 61.8 Å². The summed E-state index contributed by atoms with van der Waals surface area (Å²) < 4.78 is 5.92. The fourth-order valence-electron chi connectivity index (χ4n) is 8.82. The molecule has 1 aliphatic carbocycles. The number of ether oxygens (including phenoxy) is 1. The summed E-state index contributed by atoms with van der Waals surface area (Å²) in [4.78, 5) is 49.0. The van der Waals surface area contributed by atoms with Crippen LogP contribution in [0.4, 0.5) is 4.79 Å². The van der Waals surface area contributed by atoms with Crippen molar-refractivity contribution in [1.29, 1.82) is 0 Å². The van der Waals surface area contributed by atoms with Gasteiger partial charge in [-0.2, -0.15) is 0 Å². The molecule has 1 spiro atoms. The maximum absolute atomic E-state index is 14.6. The number of carbonyl (C=O) groups excluding carboxylic acids is 3. The molecule has 1 saturated carbocycles. The second-order valence-corrected chi connectivity index (χ2v) is 16.8. The van der Waals surface area contributed by atoms with E-state index in [4.69, 9.17) is 10.5 Å². The summed E-state index contributed by atoms with van der Waals surface area (Å²) in [5.74, 6) is -0.134. The van der Waals surface area contributed by atoms with Crippen LogP contribution in [0.5, 0.6) is 5.75 Å². The highest BCUT2D eigenvalue weighted by molar-refractivity contribution is 7.09. The summed E-state index contributed by atoms with van der Waals surface area (Å²) in [5.41, 5.74) is 7.65. The van der Waals surface area contributed by atoms with E-state index >= 15 is 0 Å². The molecule has 1 unspecified atom stereocenters. The molecule has 3 aliphatic rings. The molecule has 7 rings (SSSR count). The number of nitrogens with two attached hydrogens (primary N) is 1. The third-order valence-electron chi connectivity index (χ3n) is 12.0. The SMILES string of the molecule is NCCCCC(CNC1CCC2(CC1)CCN(Cc1ccccc1)C2)C(=O)N1CCN(C(=O)Oc2cccc3ccccc23)C[C@H]1C(=O)NCc1cccs1. The molecule has 11 heteroatoms. The van der Waals surface area contributed by atoms with Crippen LogP contribution in [-0.2, 0) is 22.7 Å². The quantitative estimate of drug-likeness (QED) is 0.127. The van der Waals surface area contributed by atoms with Crippen molar-refractivity contribution in [3.05, 3.63) is 101 Å². The van der Waals surface area contributed by atoms with Gasteiger partial charge in [-0.3, -0.25) is 14.5 Å². The van der Waals surface area contributed by atoms with Crippen LogP contribution in [0.3, 0.4) is 0 Å². The second kappa shape index (κ2) is 18.6. The van der Waals surface area contributed by atoms with Gasteiger partial charge in [-0.25, -0.2) is 4.79 Å². The lowest BCUT2D eigenvalue weighted by atomic mass is 9.72. The first kappa shape index (κ1) is 39.0.